The van der Waals surface area contributed by atoms with Crippen molar-refractivity contribution in [3.63, 3.8) is 0 Å². The molecule has 1 atom stereocenters. The number of hydrogen-bond donors (Lipinski definition) is 0. The summed E-state index contributed by atoms with van der Waals surface area (Å²) in [5.74, 6) is 0.968. The van der Waals surface area contributed by atoms with Crippen LogP contribution < -0.4 is 5.56 Å². The minimum absolute atomic E-state index is 0.0533. The Bertz CT molecular complexity index is 1040. The van der Waals surface area contributed by atoms with Gasteiger partial charge in [-0.25, -0.2) is 4.98 Å². The molecule has 146 valence electrons. The molecule has 5 nitrogen and oxygen atoms in total. The number of nitrogens with zero attached hydrogens (tertiary/aromatic N) is 3. The van der Waals surface area contributed by atoms with E-state index in [4.69, 9.17) is 0 Å². The number of carbonyl (C=O) groups excluding carboxylic acids is 1. The average molecular weight is 414 g/mol. The Labute approximate surface area is 172 Å². The highest BCUT2D eigenvalue weighted by molar-refractivity contribution is 7.99. The van der Waals surface area contributed by atoms with E-state index in [0.29, 0.717) is 27.8 Å². The standard InChI is InChI=1S/C21H23N3O2S2/c1-14(16-8-9-16)24(12-15-6-4-3-5-7-15)18(25)13-28-21-22-17-10-11-27-19(17)20(26)23(21)2/h3-7,10-11,14,16H,8-9,12-13H2,1-2H3. The molecule has 3 aromatic rings. The van der Waals surface area contributed by atoms with Crippen LogP contribution >= 0.6 is 23.1 Å². The summed E-state index contributed by atoms with van der Waals surface area (Å²) >= 11 is 2.74. The molecule has 2 aromatic heterocycles. The molecule has 0 N–H and O–H groups in total. The molecular weight excluding hydrogens is 390 g/mol. The quantitative estimate of drug-likeness (QED) is 0.435. The zero-order valence-electron chi connectivity index (χ0n) is 16.0. The van der Waals surface area contributed by atoms with Crippen LogP contribution in [0, 0.1) is 5.92 Å². The second kappa shape index (κ2) is 8.09. The van der Waals surface area contributed by atoms with Gasteiger partial charge in [-0.3, -0.25) is 14.2 Å². The van der Waals surface area contributed by atoms with E-state index in [2.05, 4.69) is 24.0 Å². The number of rotatable bonds is 7. The molecule has 4 rings (SSSR count). The van der Waals surface area contributed by atoms with Crippen LogP contribution in [0.15, 0.2) is 51.7 Å². The smallest absolute Gasteiger partial charge is 0.271 e. The minimum atomic E-state index is -0.0533. The second-order valence-electron chi connectivity index (χ2n) is 7.27. The molecule has 1 aromatic carbocycles. The number of aromatic nitrogens is 2. The third kappa shape index (κ3) is 4.00. The number of thiophene rings is 1. The fraction of sp³-hybridized carbons (Fsp3) is 0.381. The average Bonchev–Trinajstić information content (AvgIpc) is 3.45. The summed E-state index contributed by atoms with van der Waals surface area (Å²) in [6.07, 6.45) is 2.38. The summed E-state index contributed by atoms with van der Waals surface area (Å²) in [6, 6.07) is 12.2. The Morgan fingerprint density at radius 3 is 2.79 bits per heavy atom. The maximum atomic E-state index is 13.1. The van der Waals surface area contributed by atoms with Crippen LogP contribution in [-0.4, -0.2) is 32.2 Å². The van der Waals surface area contributed by atoms with Gasteiger partial charge in [0, 0.05) is 19.6 Å². The molecule has 0 saturated heterocycles. The number of benzene rings is 1. The van der Waals surface area contributed by atoms with Gasteiger partial charge in [0.25, 0.3) is 5.56 Å². The van der Waals surface area contributed by atoms with Gasteiger partial charge in [0.1, 0.15) is 4.70 Å². The van der Waals surface area contributed by atoms with E-state index in [1.54, 1.807) is 11.6 Å². The van der Waals surface area contributed by atoms with Crippen molar-refractivity contribution in [3.05, 3.63) is 57.7 Å². The number of fused-ring (bicyclic) bond motifs is 1. The highest BCUT2D eigenvalue weighted by Crippen LogP contribution is 2.36. The molecule has 28 heavy (non-hydrogen) atoms. The molecule has 0 radical (unpaired) electrons. The van der Waals surface area contributed by atoms with Crippen LogP contribution in [-0.2, 0) is 18.4 Å². The van der Waals surface area contributed by atoms with E-state index in [9.17, 15) is 9.59 Å². The zero-order chi connectivity index (χ0) is 19.7. The molecule has 1 amide bonds. The van der Waals surface area contributed by atoms with E-state index in [1.807, 2.05) is 34.5 Å². The summed E-state index contributed by atoms with van der Waals surface area (Å²) < 4.78 is 2.20. The lowest BCUT2D eigenvalue weighted by atomic mass is 10.1. The van der Waals surface area contributed by atoms with Gasteiger partial charge in [0.2, 0.25) is 5.91 Å². The molecule has 1 saturated carbocycles. The second-order valence-corrected chi connectivity index (χ2v) is 9.13. The molecule has 1 aliphatic rings. The number of amides is 1. The van der Waals surface area contributed by atoms with Gasteiger partial charge < -0.3 is 4.90 Å². The van der Waals surface area contributed by atoms with Crippen molar-refractivity contribution in [2.45, 2.75) is 37.5 Å². The highest BCUT2D eigenvalue weighted by Gasteiger charge is 2.34. The molecule has 1 unspecified atom stereocenters. The maximum Gasteiger partial charge on any atom is 0.271 e. The van der Waals surface area contributed by atoms with E-state index in [-0.39, 0.29) is 23.3 Å². The maximum absolute atomic E-state index is 13.1. The van der Waals surface area contributed by atoms with Crippen LogP contribution in [0.4, 0.5) is 0 Å². The third-order valence-electron chi connectivity index (χ3n) is 5.28. The van der Waals surface area contributed by atoms with E-state index in [0.717, 1.165) is 5.56 Å². The summed E-state index contributed by atoms with van der Waals surface area (Å²) in [5, 5.41) is 2.46. The van der Waals surface area contributed by atoms with Gasteiger partial charge in [0.05, 0.1) is 11.3 Å². The van der Waals surface area contributed by atoms with Crippen LogP contribution in [0.25, 0.3) is 10.2 Å². The normalized spacial score (nSPS) is 14.9. The fourth-order valence-corrected chi connectivity index (χ4v) is 5.04. The predicted molar refractivity (Wildman–Crippen MR) is 115 cm³/mol. The highest BCUT2D eigenvalue weighted by atomic mass is 32.2. The SMILES string of the molecule is CC(C1CC1)N(Cc1ccccc1)C(=O)CSc1nc2ccsc2c(=O)n1C. The first kappa shape index (κ1) is 19.2. The van der Waals surface area contributed by atoms with Gasteiger partial charge in [0.15, 0.2) is 5.16 Å². The van der Waals surface area contributed by atoms with Gasteiger partial charge in [-0.15, -0.1) is 11.3 Å². The Kier molecular flexibility index (Phi) is 5.55. The molecule has 0 aliphatic heterocycles. The summed E-state index contributed by atoms with van der Waals surface area (Å²) in [4.78, 5) is 32.1. The Balaban J connectivity index is 1.51. The number of carbonyl (C=O) groups is 1. The summed E-state index contributed by atoms with van der Waals surface area (Å²) in [7, 11) is 1.72. The van der Waals surface area contributed by atoms with Crippen molar-refractivity contribution in [1.29, 1.82) is 0 Å². The number of hydrogen-bond acceptors (Lipinski definition) is 5. The largest absolute Gasteiger partial charge is 0.335 e. The molecule has 2 heterocycles. The van der Waals surface area contributed by atoms with Crippen molar-refractivity contribution < 1.29 is 4.79 Å². The number of thioether (sulfide) groups is 1. The van der Waals surface area contributed by atoms with Crippen molar-refractivity contribution in [1.82, 2.24) is 14.5 Å². The summed E-state index contributed by atoms with van der Waals surface area (Å²) in [5.41, 5.74) is 1.79. The van der Waals surface area contributed by atoms with Gasteiger partial charge in [-0.05, 0) is 42.7 Å². The lowest BCUT2D eigenvalue weighted by Gasteiger charge is -2.29. The first-order chi connectivity index (χ1) is 13.5. The lowest BCUT2D eigenvalue weighted by Crippen LogP contribution is -2.40. The van der Waals surface area contributed by atoms with E-state index < -0.39 is 0 Å². The summed E-state index contributed by atoms with van der Waals surface area (Å²) in [6.45, 7) is 2.77. The van der Waals surface area contributed by atoms with Gasteiger partial charge in [-0.1, -0.05) is 42.1 Å². The van der Waals surface area contributed by atoms with Crippen LogP contribution in [0.3, 0.4) is 0 Å². The topological polar surface area (TPSA) is 55.2 Å². The van der Waals surface area contributed by atoms with Gasteiger partial charge >= 0.3 is 0 Å². The van der Waals surface area contributed by atoms with Gasteiger partial charge in [-0.2, -0.15) is 0 Å². The molecule has 7 heteroatoms. The monoisotopic (exact) mass is 413 g/mol. The minimum Gasteiger partial charge on any atom is -0.335 e. The molecule has 1 aliphatic carbocycles. The lowest BCUT2D eigenvalue weighted by molar-refractivity contribution is -0.131. The van der Waals surface area contributed by atoms with Crippen molar-refractivity contribution >= 4 is 39.2 Å². The van der Waals surface area contributed by atoms with Crippen molar-refractivity contribution in [2.75, 3.05) is 5.75 Å². The molecular formula is C21H23N3O2S2. The fourth-order valence-electron chi connectivity index (χ4n) is 3.38. The van der Waals surface area contributed by atoms with E-state index >= 15 is 0 Å². The van der Waals surface area contributed by atoms with Crippen molar-refractivity contribution in [3.8, 4) is 0 Å². The van der Waals surface area contributed by atoms with E-state index in [1.165, 1.54) is 35.9 Å². The molecule has 1 fully saturated rings. The Hall–Kier alpha value is -2.12. The third-order valence-corrected chi connectivity index (χ3v) is 7.19. The first-order valence-corrected chi connectivity index (χ1v) is 11.3. The first-order valence-electron chi connectivity index (χ1n) is 9.45. The van der Waals surface area contributed by atoms with Crippen LogP contribution in [0.2, 0.25) is 0 Å². The Morgan fingerprint density at radius 1 is 1.32 bits per heavy atom. The Morgan fingerprint density at radius 2 is 2.07 bits per heavy atom. The van der Waals surface area contributed by atoms with Crippen LogP contribution in [0.1, 0.15) is 25.3 Å². The van der Waals surface area contributed by atoms with Crippen LogP contribution in [0.5, 0.6) is 0 Å². The molecule has 0 bridgehead atoms. The predicted octanol–water partition coefficient (Wildman–Crippen LogP) is 3.91. The van der Waals surface area contributed by atoms with Crippen molar-refractivity contribution in [2.24, 2.45) is 13.0 Å². The molecule has 0 spiro atoms. The zero-order valence-corrected chi connectivity index (χ0v) is 17.6.